The highest BCUT2D eigenvalue weighted by Crippen LogP contribution is 2.28. The van der Waals surface area contributed by atoms with Gasteiger partial charge in [0.25, 0.3) is 0 Å². The molecule has 76 valence electrons. The molecule has 0 saturated carbocycles. The fourth-order valence-electron chi connectivity index (χ4n) is 2.21. The van der Waals surface area contributed by atoms with Crippen LogP contribution in [-0.4, -0.2) is 22.1 Å². The molecule has 2 nitrogen and oxygen atoms in total. The second kappa shape index (κ2) is 3.19. The van der Waals surface area contributed by atoms with Crippen LogP contribution in [0.1, 0.15) is 27.7 Å². The van der Waals surface area contributed by atoms with Gasteiger partial charge in [-0.2, -0.15) is 0 Å². The lowest BCUT2D eigenvalue weighted by atomic mass is 10.1. The molecule has 0 saturated heterocycles. The Kier molecular flexibility index (Phi) is 2.14. The molecule has 0 aromatic heterocycles. The highest BCUT2D eigenvalue weighted by Gasteiger charge is 2.29. The smallest absolute Gasteiger partial charge is 0.0886 e. The summed E-state index contributed by atoms with van der Waals surface area (Å²) in [7, 11) is 0. The van der Waals surface area contributed by atoms with E-state index < -0.39 is 0 Å². The maximum Gasteiger partial charge on any atom is 0.0886 e. The van der Waals surface area contributed by atoms with Crippen LogP contribution in [0.5, 0.6) is 0 Å². The number of fused-ring (bicyclic) bond motifs is 1. The molecule has 0 amide bonds. The van der Waals surface area contributed by atoms with E-state index in [9.17, 15) is 0 Å². The van der Waals surface area contributed by atoms with E-state index >= 15 is 0 Å². The molecule has 2 aliphatic rings. The van der Waals surface area contributed by atoms with E-state index in [0.29, 0.717) is 12.1 Å². The molecule has 0 bridgehead atoms. The van der Waals surface area contributed by atoms with Crippen LogP contribution in [0.2, 0.25) is 0 Å². The molecule has 14 heavy (non-hydrogen) atoms. The zero-order valence-electron chi connectivity index (χ0n) is 9.36. The van der Waals surface area contributed by atoms with E-state index in [1.165, 1.54) is 11.3 Å². The fourth-order valence-corrected chi connectivity index (χ4v) is 2.21. The summed E-state index contributed by atoms with van der Waals surface area (Å²) in [6.45, 7) is 8.77. The average molecular weight is 190 g/mol. The molecule has 0 aromatic carbocycles. The highest BCUT2D eigenvalue weighted by atomic mass is 15.7. The molecule has 2 rings (SSSR count). The third-order valence-electron chi connectivity index (χ3n) is 2.74. The number of hydrazine groups is 1. The van der Waals surface area contributed by atoms with E-state index in [0.717, 1.165) is 0 Å². The summed E-state index contributed by atoms with van der Waals surface area (Å²) < 4.78 is 0. The van der Waals surface area contributed by atoms with Gasteiger partial charge in [-0.05, 0) is 39.8 Å². The van der Waals surface area contributed by atoms with Crippen LogP contribution in [0.3, 0.4) is 0 Å². The Morgan fingerprint density at radius 3 is 2.57 bits per heavy atom. The molecule has 2 aliphatic heterocycles. The topological polar surface area (TPSA) is 6.48 Å². The molecular formula is C12H18N2. The molecule has 0 aromatic rings. The lowest BCUT2D eigenvalue weighted by molar-refractivity contribution is 0.0413. The van der Waals surface area contributed by atoms with Crippen molar-refractivity contribution < 1.29 is 0 Å². The summed E-state index contributed by atoms with van der Waals surface area (Å²) in [6, 6.07) is 0.954. The van der Waals surface area contributed by atoms with Gasteiger partial charge < -0.3 is 0 Å². The van der Waals surface area contributed by atoms with Crippen molar-refractivity contribution in [3.63, 3.8) is 0 Å². The van der Waals surface area contributed by atoms with E-state index in [1.807, 2.05) is 0 Å². The second-order valence-electron chi connectivity index (χ2n) is 4.34. The number of allylic oxidation sites excluding steroid dienone is 3. The zero-order chi connectivity index (χ0) is 10.3. The van der Waals surface area contributed by atoms with Gasteiger partial charge in [-0.3, -0.25) is 10.0 Å². The van der Waals surface area contributed by atoms with Gasteiger partial charge in [0.1, 0.15) is 0 Å². The number of hydrogen-bond donors (Lipinski definition) is 0. The first-order valence-electron chi connectivity index (χ1n) is 5.22. The van der Waals surface area contributed by atoms with Gasteiger partial charge in [-0.15, -0.1) is 0 Å². The lowest BCUT2D eigenvalue weighted by Crippen LogP contribution is -2.42. The van der Waals surface area contributed by atoms with Crippen molar-refractivity contribution in [3.8, 4) is 0 Å². The van der Waals surface area contributed by atoms with Crippen molar-refractivity contribution in [1.29, 1.82) is 0 Å². The van der Waals surface area contributed by atoms with Crippen molar-refractivity contribution >= 4 is 0 Å². The Morgan fingerprint density at radius 1 is 1.21 bits per heavy atom. The van der Waals surface area contributed by atoms with Gasteiger partial charge in [0.2, 0.25) is 0 Å². The van der Waals surface area contributed by atoms with Crippen molar-refractivity contribution in [2.24, 2.45) is 0 Å². The first-order chi connectivity index (χ1) is 6.59. The minimum atomic E-state index is 0.433. The quantitative estimate of drug-likeness (QED) is 0.627. The number of rotatable bonds is 1. The monoisotopic (exact) mass is 190 g/mol. The van der Waals surface area contributed by atoms with Crippen LogP contribution in [0.25, 0.3) is 0 Å². The second-order valence-corrected chi connectivity index (χ2v) is 4.34. The first-order valence-corrected chi connectivity index (χ1v) is 5.22. The summed E-state index contributed by atoms with van der Waals surface area (Å²) >= 11 is 0. The minimum absolute atomic E-state index is 0.433. The summed E-state index contributed by atoms with van der Waals surface area (Å²) in [4.78, 5) is 0. The Balaban J connectivity index is 2.28. The standard InChI is InChI=1S/C12H18N2/c1-9(2)14-11(4)8-12-7-10(3)5-6-13(12)14/h5-9,12H,1-4H3. The Bertz CT molecular complexity index is 323. The van der Waals surface area contributed by atoms with Crippen molar-refractivity contribution in [3.05, 3.63) is 35.7 Å². The van der Waals surface area contributed by atoms with Gasteiger partial charge in [-0.1, -0.05) is 11.6 Å². The zero-order valence-corrected chi connectivity index (χ0v) is 9.36. The van der Waals surface area contributed by atoms with Crippen LogP contribution in [0, 0.1) is 0 Å². The van der Waals surface area contributed by atoms with Crippen LogP contribution in [0.15, 0.2) is 35.7 Å². The maximum atomic E-state index is 2.34. The molecule has 0 radical (unpaired) electrons. The molecular weight excluding hydrogens is 172 g/mol. The van der Waals surface area contributed by atoms with Gasteiger partial charge >= 0.3 is 0 Å². The normalized spacial score (nSPS) is 25.4. The third-order valence-corrected chi connectivity index (χ3v) is 2.74. The minimum Gasteiger partial charge on any atom is -0.287 e. The molecule has 1 unspecified atom stereocenters. The van der Waals surface area contributed by atoms with Crippen molar-refractivity contribution in [2.75, 3.05) is 0 Å². The van der Waals surface area contributed by atoms with E-state index in [-0.39, 0.29) is 0 Å². The predicted octanol–water partition coefficient (Wildman–Crippen LogP) is 2.67. The molecule has 0 spiro atoms. The van der Waals surface area contributed by atoms with Crippen LogP contribution in [-0.2, 0) is 0 Å². The van der Waals surface area contributed by atoms with Gasteiger partial charge in [0.15, 0.2) is 0 Å². The molecule has 0 N–H and O–H groups in total. The van der Waals surface area contributed by atoms with E-state index in [1.54, 1.807) is 0 Å². The maximum absolute atomic E-state index is 2.34. The van der Waals surface area contributed by atoms with Gasteiger partial charge in [0.05, 0.1) is 6.04 Å². The van der Waals surface area contributed by atoms with Crippen LogP contribution in [0.4, 0.5) is 0 Å². The predicted molar refractivity (Wildman–Crippen MR) is 59.3 cm³/mol. The lowest BCUT2D eigenvalue weighted by Gasteiger charge is -2.38. The Morgan fingerprint density at radius 2 is 1.93 bits per heavy atom. The van der Waals surface area contributed by atoms with E-state index in [4.69, 9.17) is 0 Å². The number of hydrogen-bond acceptors (Lipinski definition) is 2. The fraction of sp³-hybridized carbons (Fsp3) is 0.500. The molecule has 1 atom stereocenters. The van der Waals surface area contributed by atoms with Crippen LogP contribution < -0.4 is 0 Å². The first kappa shape index (κ1) is 9.38. The molecule has 2 heterocycles. The summed E-state index contributed by atoms with van der Waals surface area (Å²) in [5.74, 6) is 0. The molecule has 0 aliphatic carbocycles. The average Bonchev–Trinajstić information content (AvgIpc) is 2.39. The molecule has 2 heteroatoms. The number of nitrogens with zero attached hydrogens (tertiary/aromatic N) is 2. The summed E-state index contributed by atoms with van der Waals surface area (Å²) in [5.41, 5.74) is 2.70. The summed E-state index contributed by atoms with van der Waals surface area (Å²) in [5, 5.41) is 4.64. The Hall–Kier alpha value is -1.18. The Labute approximate surface area is 86.2 Å². The van der Waals surface area contributed by atoms with Crippen molar-refractivity contribution in [1.82, 2.24) is 10.0 Å². The van der Waals surface area contributed by atoms with Gasteiger partial charge in [0, 0.05) is 17.9 Å². The SMILES string of the molecule is CC1=CC2C=C(C)N(C(C)C)N2C=C1. The summed E-state index contributed by atoms with van der Waals surface area (Å²) in [6.07, 6.45) is 8.95. The highest BCUT2D eigenvalue weighted by molar-refractivity contribution is 5.30. The molecule has 0 fully saturated rings. The van der Waals surface area contributed by atoms with Gasteiger partial charge in [-0.25, -0.2) is 0 Å². The van der Waals surface area contributed by atoms with Crippen LogP contribution >= 0.6 is 0 Å². The largest absolute Gasteiger partial charge is 0.287 e. The third kappa shape index (κ3) is 1.35. The van der Waals surface area contributed by atoms with Crippen molar-refractivity contribution in [2.45, 2.75) is 39.8 Å². The van der Waals surface area contributed by atoms with E-state index in [2.05, 4.69) is 62.1 Å².